The Hall–Kier alpha value is -2.18. The summed E-state index contributed by atoms with van der Waals surface area (Å²) in [5.41, 5.74) is 12.7. The molecule has 4 N–H and O–H groups in total. The maximum absolute atomic E-state index is 5.91. The Morgan fingerprint density at radius 2 is 1.94 bits per heavy atom. The molecule has 0 bridgehead atoms. The Morgan fingerprint density at radius 3 is 2.47 bits per heavy atom. The van der Waals surface area contributed by atoms with Crippen LogP contribution in [0.2, 0.25) is 0 Å². The molecule has 0 aromatic carbocycles. The molecule has 2 aromatic rings. The van der Waals surface area contributed by atoms with Crippen LogP contribution in [0.3, 0.4) is 0 Å². The number of rotatable bonds is 3. The zero-order valence-electron chi connectivity index (χ0n) is 9.24. The van der Waals surface area contributed by atoms with E-state index >= 15 is 0 Å². The van der Waals surface area contributed by atoms with Crippen LogP contribution in [-0.2, 0) is 6.42 Å². The van der Waals surface area contributed by atoms with Gasteiger partial charge in [-0.05, 0) is 25.2 Å². The highest BCUT2D eigenvalue weighted by molar-refractivity contribution is 5.54. The van der Waals surface area contributed by atoms with Gasteiger partial charge in [0.25, 0.3) is 5.95 Å². The molecule has 0 amide bonds. The SMILES string of the molecule is Nc1nc(-n2cncn2)nc(N)c1CC1CC1. The van der Waals surface area contributed by atoms with Crippen LogP contribution in [0.1, 0.15) is 18.4 Å². The van der Waals surface area contributed by atoms with Crippen molar-refractivity contribution in [2.75, 3.05) is 11.5 Å². The molecule has 1 aliphatic rings. The Kier molecular flexibility index (Phi) is 2.17. The van der Waals surface area contributed by atoms with Crippen LogP contribution in [0.25, 0.3) is 5.95 Å². The fourth-order valence-electron chi connectivity index (χ4n) is 1.74. The lowest BCUT2D eigenvalue weighted by molar-refractivity contribution is 0.788. The van der Waals surface area contributed by atoms with Crippen molar-refractivity contribution in [3.63, 3.8) is 0 Å². The largest absolute Gasteiger partial charge is 0.383 e. The Bertz CT molecular complexity index is 507. The summed E-state index contributed by atoms with van der Waals surface area (Å²) in [4.78, 5) is 12.2. The first-order valence-electron chi connectivity index (χ1n) is 5.51. The second-order valence-electron chi connectivity index (χ2n) is 4.26. The van der Waals surface area contributed by atoms with E-state index in [0.717, 1.165) is 12.0 Å². The molecular weight excluding hydrogens is 218 g/mol. The summed E-state index contributed by atoms with van der Waals surface area (Å²) < 4.78 is 1.44. The highest BCUT2D eigenvalue weighted by Gasteiger charge is 2.24. The van der Waals surface area contributed by atoms with Crippen LogP contribution < -0.4 is 11.5 Å². The Morgan fingerprint density at radius 1 is 1.24 bits per heavy atom. The van der Waals surface area contributed by atoms with Crippen molar-refractivity contribution < 1.29 is 0 Å². The number of anilines is 2. The lowest BCUT2D eigenvalue weighted by atomic mass is 10.1. The van der Waals surface area contributed by atoms with Crippen molar-refractivity contribution in [3.8, 4) is 5.95 Å². The zero-order chi connectivity index (χ0) is 11.8. The summed E-state index contributed by atoms with van der Waals surface area (Å²) >= 11 is 0. The van der Waals surface area contributed by atoms with Gasteiger partial charge in [0.05, 0.1) is 0 Å². The van der Waals surface area contributed by atoms with Gasteiger partial charge in [-0.2, -0.15) is 19.7 Å². The first-order valence-corrected chi connectivity index (χ1v) is 5.51. The van der Waals surface area contributed by atoms with E-state index in [9.17, 15) is 0 Å². The summed E-state index contributed by atoms with van der Waals surface area (Å²) in [6.07, 6.45) is 6.27. The normalized spacial score (nSPS) is 15.1. The minimum absolute atomic E-state index is 0.358. The standard InChI is InChI=1S/C10H13N7/c11-8-7(3-6-1-2-6)9(12)16-10(15-8)17-5-13-4-14-17/h4-6H,1-3H2,(H4,11,12,15,16). The van der Waals surface area contributed by atoms with E-state index in [1.807, 2.05) is 0 Å². The van der Waals surface area contributed by atoms with Gasteiger partial charge in [0, 0.05) is 5.56 Å². The second-order valence-corrected chi connectivity index (χ2v) is 4.26. The van der Waals surface area contributed by atoms with Crippen molar-refractivity contribution in [1.82, 2.24) is 24.7 Å². The summed E-state index contributed by atoms with van der Waals surface area (Å²) in [5, 5.41) is 3.94. The van der Waals surface area contributed by atoms with Gasteiger partial charge < -0.3 is 11.5 Å². The van der Waals surface area contributed by atoms with Crippen LogP contribution >= 0.6 is 0 Å². The Balaban J connectivity index is 1.98. The summed E-state index contributed by atoms with van der Waals surface area (Å²) in [5.74, 6) is 1.93. The summed E-state index contributed by atoms with van der Waals surface area (Å²) in [7, 11) is 0. The molecule has 2 heterocycles. The molecule has 0 radical (unpaired) electrons. The first kappa shape index (κ1) is 10.0. The molecule has 7 heteroatoms. The fourth-order valence-corrected chi connectivity index (χ4v) is 1.74. The van der Waals surface area contributed by atoms with E-state index in [2.05, 4.69) is 20.1 Å². The predicted molar refractivity (Wildman–Crippen MR) is 62.2 cm³/mol. The minimum Gasteiger partial charge on any atom is -0.383 e. The highest BCUT2D eigenvalue weighted by Crippen LogP contribution is 2.35. The molecule has 1 aliphatic carbocycles. The second kappa shape index (κ2) is 3.69. The van der Waals surface area contributed by atoms with Crippen LogP contribution in [0.15, 0.2) is 12.7 Å². The minimum atomic E-state index is 0.358. The van der Waals surface area contributed by atoms with Gasteiger partial charge in [0.15, 0.2) is 0 Å². The van der Waals surface area contributed by atoms with Crippen molar-refractivity contribution in [3.05, 3.63) is 18.2 Å². The average molecular weight is 231 g/mol. The number of hydrogen-bond acceptors (Lipinski definition) is 6. The lowest BCUT2D eigenvalue weighted by Gasteiger charge is -2.09. The molecule has 0 saturated heterocycles. The van der Waals surface area contributed by atoms with E-state index in [4.69, 9.17) is 11.5 Å². The van der Waals surface area contributed by atoms with E-state index < -0.39 is 0 Å². The molecular formula is C10H13N7. The topological polar surface area (TPSA) is 109 Å². The van der Waals surface area contributed by atoms with Gasteiger partial charge in [-0.3, -0.25) is 0 Å². The first-order chi connectivity index (χ1) is 8.24. The van der Waals surface area contributed by atoms with Crippen LogP contribution in [0.4, 0.5) is 11.6 Å². The van der Waals surface area contributed by atoms with Crippen molar-refractivity contribution in [2.45, 2.75) is 19.3 Å². The monoisotopic (exact) mass is 231 g/mol. The summed E-state index contributed by atoms with van der Waals surface area (Å²) in [6, 6.07) is 0. The van der Waals surface area contributed by atoms with Gasteiger partial charge in [0.2, 0.25) is 0 Å². The average Bonchev–Trinajstić information content (AvgIpc) is 2.94. The maximum atomic E-state index is 5.91. The Labute approximate surface area is 97.9 Å². The van der Waals surface area contributed by atoms with E-state index in [-0.39, 0.29) is 0 Å². The van der Waals surface area contributed by atoms with Gasteiger partial charge in [-0.25, -0.2) is 4.98 Å². The number of nitrogens with two attached hydrogens (primary N) is 2. The number of nitrogens with zero attached hydrogens (tertiary/aromatic N) is 5. The summed E-state index contributed by atoms with van der Waals surface area (Å²) in [6.45, 7) is 0. The van der Waals surface area contributed by atoms with E-state index in [1.165, 1.54) is 30.2 Å². The molecule has 17 heavy (non-hydrogen) atoms. The predicted octanol–water partition coefficient (Wildman–Crippen LogP) is 0.174. The van der Waals surface area contributed by atoms with Crippen LogP contribution in [-0.4, -0.2) is 24.7 Å². The van der Waals surface area contributed by atoms with Crippen molar-refractivity contribution >= 4 is 11.6 Å². The third kappa shape index (κ3) is 1.91. The smallest absolute Gasteiger partial charge is 0.255 e. The van der Waals surface area contributed by atoms with Gasteiger partial charge in [-0.15, -0.1) is 0 Å². The number of aromatic nitrogens is 5. The van der Waals surface area contributed by atoms with Gasteiger partial charge >= 0.3 is 0 Å². The van der Waals surface area contributed by atoms with Crippen LogP contribution in [0.5, 0.6) is 0 Å². The van der Waals surface area contributed by atoms with Crippen LogP contribution in [0, 0.1) is 5.92 Å². The molecule has 3 rings (SSSR count). The quantitative estimate of drug-likeness (QED) is 0.779. The molecule has 2 aromatic heterocycles. The molecule has 0 aliphatic heterocycles. The zero-order valence-corrected chi connectivity index (χ0v) is 9.24. The third-order valence-electron chi connectivity index (χ3n) is 2.87. The number of nitrogen functional groups attached to an aromatic ring is 2. The third-order valence-corrected chi connectivity index (χ3v) is 2.87. The molecule has 0 spiro atoms. The maximum Gasteiger partial charge on any atom is 0.255 e. The molecule has 1 saturated carbocycles. The van der Waals surface area contributed by atoms with Gasteiger partial charge in [-0.1, -0.05) is 0 Å². The molecule has 88 valence electrons. The van der Waals surface area contributed by atoms with E-state index in [1.54, 1.807) is 0 Å². The lowest BCUT2D eigenvalue weighted by Crippen LogP contribution is -2.11. The molecule has 7 nitrogen and oxygen atoms in total. The van der Waals surface area contributed by atoms with Crippen molar-refractivity contribution in [2.24, 2.45) is 5.92 Å². The molecule has 0 atom stereocenters. The van der Waals surface area contributed by atoms with Gasteiger partial charge in [0.1, 0.15) is 24.3 Å². The molecule has 1 fully saturated rings. The fraction of sp³-hybridized carbons (Fsp3) is 0.400. The van der Waals surface area contributed by atoms with Crippen molar-refractivity contribution in [1.29, 1.82) is 0 Å². The van der Waals surface area contributed by atoms with E-state index in [0.29, 0.717) is 23.5 Å². The highest BCUT2D eigenvalue weighted by atomic mass is 15.4. The number of hydrogen-bond donors (Lipinski definition) is 2. The molecule has 0 unspecified atom stereocenters.